The van der Waals surface area contributed by atoms with Crippen LogP contribution >= 0.6 is 27.3 Å². The van der Waals surface area contributed by atoms with Gasteiger partial charge in [0.2, 0.25) is 0 Å². The molecule has 0 saturated carbocycles. The first-order valence-electron chi connectivity index (χ1n) is 12.7. The maximum atomic E-state index is 14.0. The highest BCUT2D eigenvalue weighted by atomic mass is 79.9. The molecule has 0 aliphatic carbocycles. The number of benzene rings is 3. The molecule has 0 spiro atoms. The molecule has 1 aliphatic rings. The van der Waals surface area contributed by atoms with Crippen LogP contribution in [0.1, 0.15) is 36.6 Å². The van der Waals surface area contributed by atoms with Gasteiger partial charge in [0.1, 0.15) is 24.1 Å². The number of nitrogens with zero attached hydrogens (tertiary/aromatic N) is 2. The first-order valence-corrected chi connectivity index (χ1v) is 14.3. The Morgan fingerprint density at radius 1 is 1.07 bits per heavy atom. The first kappa shape index (κ1) is 27.6. The lowest BCUT2D eigenvalue weighted by Crippen LogP contribution is -2.40. The van der Waals surface area contributed by atoms with Gasteiger partial charge in [0.05, 0.1) is 29.5 Å². The average Bonchev–Trinajstić information content (AvgIpc) is 3.26. The Morgan fingerprint density at radius 2 is 1.82 bits per heavy atom. The maximum Gasteiger partial charge on any atom is 0.338 e. The zero-order chi connectivity index (χ0) is 28.2. The fourth-order valence-electron chi connectivity index (χ4n) is 4.62. The summed E-state index contributed by atoms with van der Waals surface area (Å²) in [4.78, 5) is 32.3. The van der Waals surface area contributed by atoms with Crippen LogP contribution in [0.2, 0.25) is 0 Å². The summed E-state index contributed by atoms with van der Waals surface area (Å²) in [5.41, 5.74) is 2.98. The number of aromatic nitrogens is 1. The molecule has 5 rings (SSSR count). The van der Waals surface area contributed by atoms with Gasteiger partial charge in [-0.2, -0.15) is 0 Å². The van der Waals surface area contributed by atoms with Crippen LogP contribution in [-0.2, 0) is 16.1 Å². The van der Waals surface area contributed by atoms with Gasteiger partial charge in [-0.1, -0.05) is 75.8 Å². The third kappa shape index (κ3) is 5.52. The van der Waals surface area contributed by atoms with Gasteiger partial charge in [-0.3, -0.25) is 9.36 Å². The summed E-state index contributed by atoms with van der Waals surface area (Å²) in [5, 5.41) is 0. The van der Waals surface area contributed by atoms with Crippen LogP contribution in [0.25, 0.3) is 6.08 Å². The Morgan fingerprint density at radius 3 is 2.58 bits per heavy atom. The lowest BCUT2D eigenvalue weighted by atomic mass is 9.95. The van der Waals surface area contributed by atoms with E-state index in [9.17, 15) is 9.59 Å². The van der Waals surface area contributed by atoms with E-state index in [0.717, 1.165) is 15.6 Å². The average molecular weight is 620 g/mol. The molecule has 4 aromatic rings. The molecule has 1 aliphatic heterocycles. The summed E-state index contributed by atoms with van der Waals surface area (Å²) in [6.45, 7) is 4.10. The summed E-state index contributed by atoms with van der Waals surface area (Å²) in [5.74, 6) is 0.683. The van der Waals surface area contributed by atoms with Crippen molar-refractivity contribution < 1.29 is 19.0 Å². The molecule has 0 saturated heterocycles. The minimum atomic E-state index is -0.759. The van der Waals surface area contributed by atoms with Crippen molar-refractivity contribution in [2.24, 2.45) is 4.99 Å². The zero-order valence-electron chi connectivity index (χ0n) is 22.2. The predicted molar refractivity (Wildman–Crippen MR) is 158 cm³/mol. The van der Waals surface area contributed by atoms with Gasteiger partial charge in [0.25, 0.3) is 5.56 Å². The molecule has 9 heteroatoms. The topological polar surface area (TPSA) is 79.1 Å². The highest BCUT2D eigenvalue weighted by molar-refractivity contribution is 9.10. The summed E-state index contributed by atoms with van der Waals surface area (Å²) in [6.07, 6.45) is 1.80. The van der Waals surface area contributed by atoms with Gasteiger partial charge in [-0.05, 0) is 49.8 Å². The molecule has 40 heavy (non-hydrogen) atoms. The van der Waals surface area contributed by atoms with Crippen molar-refractivity contribution in [3.63, 3.8) is 0 Å². The van der Waals surface area contributed by atoms with Crippen molar-refractivity contribution >= 4 is 39.3 Å². The molecular weight excluding hydrogens is 592 g/mol. The number of ether oxygens (including phenoxy) is 3. The Labute approximate surface area is 243 Å². The van der Waals surface area contributed by atoms with Crippen LogP contribution in [0.3, 0.4) is 0 Å². The molecule has 2 heterocycles. The number of carbonyl (C=O) groups excluding carboxylic acids is 1. The van der Waals surface area contributed by atoms with E-state index in [2.05, 4.69) is 20.9 Å². The molecule has 1 atom stereocenters. The van der Waals surface area contributed by atoms with Crippen molar-refractivity contribution in [2.75, 3.05) is 13.7 Å². The van der Waals surface area contributed by atoms with E-state index >= 15 is 0 Å². The number of carbonyl (C=O) groups is 1. The highest BCUT2D eigenvalue weighted by Crippen LogP contribution is 2.35. The van der Waals surface area contributed by atoms with E-state index in [1.54, 1.807) is 37.7 Å². The molecule has 0 N–H and O–H groups in total. The van der Waals surface area contributed by atoms with Crippen LogP contribution < -0.4 is 24.4 Å². The zero-order valence-corrected chi connectivity index (χ0v) is 24.6. The fraction of sp³-hybridized carbons (Fsp3) is 0.194. The van der Waals surface area contributed by atoms with Crippen LogP contribution in [0.5, 0.6) is 11.5 Å². The van der Waals surface area contributed by atoms with E-state index in [4.69, 9.17) is 14.2 Å². The number of halogens is 1. The Bertz CT molecular complexity index is 1780. The number of fused-ring (bicyclic) bond motifs is 1. The number of methoxy groups -OCH3 is 1. The molecule has 204 valence electrons. The minimum Gasteiger partial charge on any atom is -0.496 e. The Balaban J connectivity index is 1.66. The monoisotopic (exact) mass is 618 g/mol. The second-order valence-corrected chi connectivity index (χ2v) is 10.9. The van der Waals surface area contributed by atoms with Gasteiger partial charge in [-0.15, -0.1) is 0 Å². The molecule has 0 unspecified atom stereocenters. The van der Waals surface area contributed by atoms with E-state index in [1.807, 2.05) is 66.7 Å². The third-order valence-corrected chi connectivity index (χ3v) is 7.92. The van der Waals surface area contributed by atoms with Crippen LogP contribution in [0.4, 0.5) is 0 Å². The number of rotatable bonds is 8. The summed E-state index contributed by atoms with van der Waals surface area (Å²) in [6, 6.07) is 22.2. The number of allylic oxidation sites excluding steroid dienone is 1. The Hall–Kier alpha value is -3.95. The second-order valence-electron chi connectivity index (χ2n) is 9.00. The fourth-order valence-corrected chi connectivity index (χ4v) is 6.03. The van der Waals surface area contributed by atoms with Crippen molar-refractivity contribution in [2.45, 2.75) is 26.5 Å². The van der Waals surface area contributed by atoms with Gasteiger partial charge < -0.3 is 14.2 Å². The highest BCUT2D eigenvalue weighted by Gasteiger charge is 2.35. The first-order chi connectivity index (χ1) is 19.4. The van der Waals surface area contributed by atoms with Crippen molar-refractivity contribution in [3.8, 4) is 11.5 Å². The molecule has 7 nitrogen and oxygen atoms in total. The van der Waals surface area contributed by atoms with E-state index in [0.29, 0.717) is 44.3 Å². The van der Waals surface area contributed by atoms with Gasteiger partial charge in [-0.25, -0.2) is 9.79 Å². The summed E-state index contributed by atoms with van der Waals surface area (Å²) in [7, 11) is 1.56. The van der Waals surface area contributed by atoms with E-state index in [-0.39, 0.29) is 12.2 Å². The van der Waals surface area contributed by atoms with Crippen LogP contribution in [-0.4, -0.2) is 24.3 Å². The van der Waals surface area contributed by atoms with Crippen LogP contribution in [0, 0.1) is 0 Å². The molecule has 0 fully saturated rings. The largest absolute Gasteiger partial charge is 0.496 e. The number of para-hydroxylation sites is 1. The summed E-state index contributed by atoms with van der Waals surface area (Å²) < 4.78 is 20.0. The lowest BCUT2D eigenvalue weighted by molar-refractivity contribution is -0.139. The number of esters is 1. The number of thiazole rings is 1. The van der Waals surface area contributed by atoms with Crippen LogP contribution in [0.15, 0.2) is 98.3 Å². The third-order valence-electron chi connectivity index (χ3n) is 6.45. The van der Waals surface area contributed by atoms with E-state index < -0.39 is 12.0 Å². The molecule has 0 radical (unpaired) electrons. The maximum absolute atomic E-state index is 14.0. The summed E-state index contributed by atoms with van der Waals surface area (Å²) >= 11 is 4.80. The second kappa shape index (κ2) is 12.1. The van der Waals surface area contributed by atoms with Gasteiger partial charge in [0, 0.05) is 15.6 Å². The normalized spacial score (nSPS) is 14.9. The van der Waals surface area contributed by atoms with Crippen molar-refractivity contribution in [1.82, 2.24) is 4.57 Å². The predicted octanol–water partition coefficient (Wildman–Crippen LogP) is 5.15. The number of hydrogen-bond donors (Lipinski definition) is 0. The van der Waals surface area contributed by atoms with Crippen molar-refractivity contribution in [3.05, 3.63) is 125 Å². The van der Waals surface area contributed by atoms with Gasteiger partial charge in [0.15, 0.2) is 4.80 Å². The minimum absolute atomic E-state index is 0.202. The standard InChI is InChI=1S/C31H27BrN2O5S/c1-4-38-30(36)27-19(2)33-31-34(28(27)23-12-8-9-13-25(23)37-3)29(35)26(40-31)17-21-16-22(32)14-15-24(21)39-18-20-10-6-5-7-11-20/h5-17,28H,4,18H2,1-3H3/b26-17-/t28-/m0/s1. The molecular formula is C31H27BrN2O5S. The molecule has 0 bridgehead atoms. The quantitative estimate of drug-likeness (QED) is 0.255. The van der Waals surface area contributed by atoms with E-state index in [1.165, 1.54) is 11.3 Å². The SMILES string of the molecule is CCOC(=O)C1=C(C)N=c2s/c(=C\c3cc(Br)ccc3OCc3ccccc3)c(=O)n2[C@H]1c1ccccc1OC. The lowest BCUT2D eigenvalue weighted by Gasteiger charge is -2.25. The van der Waals surface area contributed by atoms with Gasteiger partial charge >= 0.3 is 5.97 Å². The number of hydrogen-bond acceptors (Lipinski definition) is 7. The Kier molecular flexibility index (Phi) is 8.32. The smallest absolute Gasteiger partial charge is 0.338 e. The van der Waals surface area contributed by atoms with Crippen molar-refractivity contribution in [1.29, 1.82) is 0 Å². The molecule has 0 amide bonds. The molecule has 3 aromatic carbocycles. The molecule has 1 aromatic heterocycles.